The second-order valence-electron chi connectivity index (χ2n) is 9.67. The van der Waals surface area contributed by atoms with Gasteiger partial charge in [0.2, 0.25) is 0 Å². The number of halogens is 3. The Hall–Kier alpha value is -2.01. The molecule has 0 atom stereocenters. The Labute approximate surface area is 229 Å². The molecular formula is C30H32Cl3N3. The van der Waals surface area contributed by atoms with Gasteiger partial charge < -0.3 is 4.57 Å². The molecule has 0 aliphatic carbocycles. The number of hydrogen-bond acceptors (Lipinski definition) is 2. The van der Waals surface area contributed by atoms with Gasteiger partial charge in [-0.3, -0.25) is 9.80 Å². The van der Waals surface area contributed by atoms with Crippen molar-refractivity contribution in [2.75, 3.05) is 26.2 Å². The van der Waals surface area contributed by atoms with E-state index in [1.54, 1.807) is 0 Å². The van der Waals surface area contributed by atoms with Crippen molar-refractivity contribution in [3.05, 3.63) is 93.1 Å². The quantitative estimate of drug-likeness (QED) is 0.222. The van der Waals surface area contributed by atoms with Gasteiger partial charge in [-0.25, -0.2) is 0 Å². The van der Waals surface area contributed by atoms with Crippen LogP contribution in [0.25, 0.3) is 22.0 Å². The third kappa shape index (κ3) is 5.61. The van der Waals surface area contributed by atoms with Crippen LogP contribution in [0.3, 0.4) is 0 Å². The van der Waals surface area contributed by atoms with Crippen LogP contribution in [-0.2, 0) is 19.6 Å². The van der Waals surface area contributed by atoms with Gasteiger partial charge in [0.15, 0.2) is 0 Å². The van der Waals surface area contributed by atoms with Crippen LogP contribution in [0.15, 0.2) is 66.9 Å². The van der Waals surface area contributed by atoms with E-state index in [1.165, 1.54) is 28.5 Å². The average Bonchev–Trinajstić information content (AvgIpc) is 3.24. The minimum Gasteiger partial charge on any atom is -0.347 e. The SMILES string of the molecule is CCCCn1cc(-c2ccccc2Cl)c2cc(CN3CCN(Cc4c(Cl)cccc4Cl)CC3)ccc21. The second-order valence-corrected chi connectivity index (χ2v) is 10.9. The summed E-state index contributed by atoms with van der Waals surface area (Å²) in [7, 11) is 0. The average molecular weight is 541 g/mol. The van der Waals surface area contributed by atoms with Crippen molar-refractivity contribution in [3.8, 4) is 11.1 Å². The molecule has 0 amide bonds. The summed E-state index contributed by atoms with van der Waals surface area (Å²) in [6.07, 6.45) is 4.62. The van der Waals surface area contributed by atoms with E-state index in [0.29, 0.717) is 0 Å². The fourth-order valence-electron chi connectivity index (χ4n) is 5.12. The van der Waals surface area contributed by atoms with E-state index in [0.717, 1.165) is 78.4 Å². The van der Waals surface area contributed by atoms with Crippen LogP contribution in [0, 0.1) is 0 Å². The number of hydrogen-bond donors (Lipinski definition) is 0. The fraction of sp³-hybridized carbons (Fsp3) is 0.333. The van der Waals surface area contributed by atoms with E-state index in [9.17, 15) is 0 Å². The summed E-state index contributed by atoms with van der Waals surface area (Å²) >= 11 is 19.4. The van der Waals surface area contributed by atoms with Crippen molar-refractivity contribution < 1.29 is 0 Å². The van der Waals surface area contributed by atoms with Gasteiger partial charge in [0.1, 0.15) is 0 Å². The minimum atomic E-state index is 0.749. The van der Waals surface area contributed by atoms with E-state index >= 15 is 0 Å². The number of aromatic nitrogens is 1. The largest absolute Gasteiger partial charge is 0.347 e. The molecule has 1 fully saturated rings. The molecule has 188 valence electrons. The molecule has 2 heterocycles. The molecule has 4 aromatic rings. The zero-order valence-corrected chi connectivity index (χ0v) is 23.0. The van der Waals surface area contributed by atoms with Crippen LogP contribution in [0.5, 0.6) is 0 Å². The van der Waals surface area contributed by atoms with Crippen LogP contribution < -0.4 is 0 Å². The Kier molecular flexibility index (Phi) is 8.25. The summed E-state index contributed by atoms with van der Waals surface area (Å²) in [5, 5.41) is 3.58. The number of fused-ring (bicyclic) bond motifs is 1. The first-order chi connectivity index (χ1) is 17.5. The predicted molar refractivity (Wildman–Crippen MR) is 154 cm³/mol. The van der Waals surface area contributed by atoms with Crippen LogP contribution in [-0.4, -0.2) is 40.5 Å². The van der Waals surface area contributed by atoms with Gasteiger partial charge in [-0.2, -0.15) is 0 Å². The Morgan fingerprint density at radius 2 is 1.39 bits per heavy atom. The number of benzene rings is 3. The van der Waals surface area contributed by atoms with E-state index in [1.807, 2.05) is 30.3 Å². The Morgan fingerprint density at radius 1 is 0.722 bits per heavy atom. The van der Waals surface area contributed by atoms with Crippen molar-refractivity contribution in [2.24, 2.45) is 0 Å². The van der Waals surface area contributed by atoms with E-state index < -0.39 is 0 Å². The van der Waals surface area contributed by atoms with Gasteiger partial charge >= 0.3 is 0 Å². The number of aryl methyl sites for hydroxylation is 1. The van der Waals surface area contributed by atoms with Crippen molar-refractivity contribution in [2.45, 2.75) is 39.4 Å². The molecule has 3 aromatic carbocycles. The first kappa shape index (κ1) is 25.6. The lowest BCUT2D eigenvalue weighted by atomic mass is 10.0. The molecule has 1 saturated heterocycles. The molecule has 6 heteroatoms. The summed E-state index contributed by atoms with van der Waals surface area (Å²) < 4.78 is 2.39. The molecule has 0 N–H and O–H groups in total. The summed E-state index contributed by atoms with van der Waals surface area (Å²) in [6, 6.07) is 20.8. The summed E-state index contributed by atoms with van der Waals surface area (Å²) in [4.78, 5) is 4.98. The zero-order chi connectivity index (χ0) is 25.1. The van der Waals surface area contributed by atoms with Crippen LogP contribution in [0.4, 0.5) is 0 Å². The number of unbranched alkanes of at least 4 members (excludes halogenated alkanes) is 1. The summed E-state index contributed by atoms with van der Waals surface area (Å²) in [5.74, 6) is 0. The normalized spacial score (nSPS) is 15.1. The van der Waals surface area contributed by atoms with Crippen LogP contribution in [0.2, 0.25) is 15.1 Å². The fourth-order valence-corrected chi connectivity index (χ4v) is 5.88. The van der Waals surface area contributed by atoms with Crippen molar-refractivity contribution >= 4 is 45.7 Å². The molecular weight excluding hydrogens is 509 g/mol. The molecule has 0 unspecified atom stereocenters. The maximum atomic E-state index is 6.62. The van der Waals surface area contributed by atoms with Gasteiger partial charge in [0, 0.05) is 94.7 Å². The van der Waals surface area contributed by atoms with E-state index in [2.05, 4.69) is 57.8 Å². The molecule has 0 bridgehead atoms. The first-order valence-electron chi connectivity index (χ1n) is 12.8. The number of rotatable bonds is 8. The lowest BCUT2D eigenvalue weighted by Crippen LogP contribution is -2.45. The molecule has 0 spiro atoms. The second kappa shape index (κ2) is 11.6. The molecule has 3 nitrogen and oxygen atoms in total. The standard InChI is InChI=1S/C30H32Cl3N3/c1-2-3-13-36-21-25(23-7-4-5-8-27(23)31)24-18-22(11-12-30(24)36)19-34-14-16-35(17-15-34)20-26-28(32)9-6-10-29(26)33/h4-12,18,21H,2-3,13-17,19-20H2,1H3. The number of nitrogens with zero attached hydrogens (tertiary/aromatic N) is 3. The predicted octanol–water partition coefficient (Wildman–Crippen LogP) is 8.39. The highest BCUT2D eigenvalue weighted by Gasteiger charge is 2.20. The lowest BCUT2D eigenvalue weighted by Gasteiger charge is -2.35. The highest BCUT2D eigenvalue weighted by molar-refractivity contribution is 6.36. The molecule has 0 saturated carbocycles. The molecule has 1 aliphatic heterocycles. The highest BCUT2D eigenvalue weighted by atomic mass is 35.5. The maximum absolute atomic E-state index is 6.62. The van der Waals surface area contributed by atoms with Gasteiger partial charge in [-0.1, -0.05) is 78.5 Å². The third-order valence-electron chi connectivity index (χ3n) is 7.18. The number of piperazine rings is 1. The third-order valence-corrected chi connectivity index (χ3v) is 8.21. The topological polar surface area (TPSA) is 11.4 Å². The monoisotopic (exact) mass is 539 g/mol. The molecule has 1 aliphatic rings. The Bertz CT molecular complexity index is 1320. The van der Waals surface area contributed by atoms with Gasteiger partial charge in [0.25, 0.3) is 0 Å². The summed E-state index contributed by atoms with van der Waals surface area (Å²) in [6.45, 7) is 9.05. The smallest absolute Gasteiger partial charge is 0.0486 e. The van der Waals surface area contributed by atoms with Crippen molar-refractivity contribution in [1.29, 1.82) is 0 Å². The lowest BCUT2D eigenvalue weighted by molar-refractivity contribution is 0.122. The van der Waals surface area contributed by atoms with Gasteiger partial charge in [-0.05, 0) is 42.3 Å². The molecule has 5 rings (SSSR count). The molecule has 1 aromatic heterocycles. The highest BCUT2D eigenvalue weighted by Crippen LogP contribution is 2.36. The van der Waals surface area contributed by atoms with Crippen LogP contribution in [0.1, 0.15) is 30.9 Å². The van der Waals surface area contributed by atoms with E-state index in [-0.39, 0.29) is 0 Å². The van der Waals surface area contributed by atoms with Crippen molar-refractivity contribution in [3.63, 3.8) is 0 Å². The van der Waals surface area contributed by atoms with Crippen molar-refractivity contribution in [1.82, 2.24) is 14.4 Å². The van der Waals surface area contributed by atoms with Gasteiger partial charge in [0.05, 0.1) is 0 Å². The minimum absolute atomic E-state index is 0.749. The molecule has 36 heavy (non-hydrogen) atoms. The van der Waals surface area contributed by atoms with Gasteiger partial charge in [-0.15, -0.1) is 0 Å². The van der Waals surface area contributed by atoms with E-state index in [4.69, 9.17) is 34.8 Å². The zero-order valence-electron chi connectivity index (χ0n) is 20.7. The first-order valence-corrected chi connectivity index (χ1v) is 13.9. The Morgan fingerprint density at radius 3 is 2.08 bits per heavy atom. The Balaban J connectivity index is 1.32. The van der Waals surface area contributed by atoms with Crippen LogP contribution >= 0.6 is 34.8 Å². The summed E-state index contributed by atoms with van der Waals surface area (Å²) in [5.41, 5.74) is 5.97. The molecule has 0 radical (unpaired) electrons. The maximum Gasteiger partial charge on any atom is 0.0486 e.